The molecule has 8 nitrogen and oxygen atoms in total. The molecule has 0 fully saturated rings. The van der Waals surface area contributed by atoms with Crippen molar-refractivity contribution in [1.82, 2.24) is 20.1 Å². The monoisotopic (exact) mass is 554 g/mol. The predicted octanol–water partition coefficient (Wildman–Crippen LogP) is 6.39. The molecule has 202 valence electrons. The number of aromatic nitrogens is 3. The first-order valence-corrected chi connectivity index (χ1v) is 12.3. The number of para-hydroxylation sites is 1. The maximum atomic E-state index is 12.4. The fourth-order valence-electron chi connectivity index (χ4n) is 3.66. The van der Waals surface area contributed by atoms with E-state index in [1.54, 1.807) is 0 Å². The number of hydrogen-bond donors (Lipinski definition) is 3. The summed E-state index contributed by atoms with van der Waals surface area (Å²) in [5.74, 6) is 0.419. The van der Waals surface area contributed by atoms with Gasteiger partial charge in [0.1, 0.15) is 12.1 Å². The molecule has 0 spiro atoms. The van der Waals surface area contributed by atoms with E-state index in [9.17, 15) is 13.2 Å². The van der Waals surface area contributed by atoms with Crippen LogP contribution in [0.3, 0.4) is 0 Å². The van der Waals surface area contributed by atoms with Crippen molar-refractivity contribution in [3.8, 4) is 22.8 Å². The van der Waals surface area contributed by atoms with Crippen LogP contribution in [0, 0.1) is 5.41 Å². The number of nitrogens with one attached hydrogen (secondary N) is 3. The third-order valence-electron chi connectivity index (χ3n) is 5.50. The maximum Gasteiger partial charge on any atom is 0.573 e. The van der Waals surface area contributed by atoms with Crippen molar-refractivity contribution in [1.29, 1.82) is 5.41 Å². The number of amidine groups is 1. The molecule has 0 atom stereocenters. The molecule has 0 saturated carbocycles. The van der Waals surface area contributed by atoms with Gasteiger partial charge in [0.25, 0.3) is 11.2 Å². The summed E-state index contributed by atoms with van der Waals surface area (Å²) in [4.78, 5) is 4.29. The van der Waals surface area contributed by atoms with Crippen LogP contribution >= 0.6 is 12.2 Å². The Bertz CT molecular complexity index is 1440. The van der Waals surface area contributed by atoms with Gasteiger partial charge in [-0.3, -0.25) is 5.41 Å². The first-order chi connectivity index (χ1) is 18.6. The number of alkyl halides is 3. The van der Waals surface area contributed by atoms with Gasteiger partial charge in [0.05, 0.1) is 5.69 Å². The van der Waals surface area contributed by atoms with Gasteiger partial charge < -0.3 is 20.1 Å². The van der Waals surface area contributed by atoms with Gasteiger partial charge in [-0.05, 0) is 59.6 Å². The highest BCUT2D eigenvalue weighted by molar-refractivity contribution is 7.80. The first kappa shape index (κ1) is 27.6. The minimum absolute atomic E-state index is 0.0608. The van der Waals surface area contributed by atoms with E-state index in [1.165, 1.54) is 35.3 Å². The Morgan fingerprint density at radius 2 is 1.72 bits per heavy atom. The lowest BCUT2D eigenvalue weighted by atomic mass is 10.0. The first-order valence-electron chi connectivity index (χ1n) is 11.8. The fraction of sp³-hybridized carbons (Fsp3) is 0.185. The summed E-state index contributed by atoms with van der Waals surface area (Å²) < 4.78 is 47.8. The molecule has 3 aromatic carbocycles. The van der Waals surface area contributed by atoms with E-state index in [0.29, 0.717) is 18.1 Å². The standard InChI is InChI=1S/C27H25F3N6O2S/c1-17(2)22-5-3-4-6-23(22)34-25(31)37-26(39)32-15-18-7-9-19(10-8-18)24-33-16-36(35-24)20-11-13-21(14-12-20)38-27(28,29)30/h3-14,16-17H,15H2,1-2H3,(H2,31,34)(H,32,39). The molecule has 0 saturated heterocycles. The number of halogens is 3. The normalized spacial score (nSPS) is 11.2. The number of nitrogens with zero attached hydrogens (tertiary/aromatic N) is 3. The number of benzene rings is 3. The van der Waals surface area contributed by atoms with Crippen LogP contribution in [-0.2, 0) is 11.3 Å². The summed E-state index contributed by atoms with van der Waals surface area (Å²) in [5, 5.41) is 18.4. The molecule has 39 heavy (non-hydrogen) atoms. The average molecular weight is 555 g/mol. The number of anilines is 1. The third-order valence-corrected chi connectivity index (χ3v) is 5.73. The molecule has 12 heteroatoms. The molecule has 0 aliphatic rings. The van der Waals surface area contributed by atoms with E-state index in [1.807, 2.05) is 48.5 Å². The Labute approximate surface area is 228 Å². The van der Waals surface area contributed by atoms with E-state index >= 15 is 0 Å². The number of thiocarbonyl (C=S) groups is 1. The fourth-order valence-corrected chi connectivity index (χ4v) is 3.81. The van der Waals surface area contributed by atoms with E-state index in [4.69, 9.17) is 22.4 Å². The Hall–Kier alpha value is -4.45. The van der Waals surface area contributed by atoms with Crippen LogP contribution in [0.15, 0.2) is 79.1 Å². The van der Waals surface area contributed by atoms with Gasteiger partial charge in [0.15, 0.2) is 5.82 Å². The van der Waals surface area contributed by atoms with Gasteiger partial charge in [-0.1, -0.05) is 56.3 Å². The van der Waals surface area contributed by atoms with Gasteiger partial charge in [-0.15, -0.1) is 18.3 Å². The van der Waals surface area contributed by atoms with Crippen LogP contribution in [-0.4, -0.2) is 32.3 Å². The number of rotatable bonds is 7. The van der Waals surface area contributed by atoms with Gasteiger partial charge in [-0.2, -0.15) is 0 Å². The predicted molar refractivity (Wildman–Crippen MR) is 146 cm³/mol. The minimum Gasteiger partial charge on any atom is -0.406 e. The van der Waals surface area contributed by atoms with Crippen molar-refractivity contribution in [2.75, 3.05) is 5.32 Å². The second kappa shape index (κ2) is 11.9. The summed E-state index contributed by atoms with van der Waals surface area (Å²) in [6.45, 7) is 4.52. The van der Waals surface area contributed by atoms with E-state index in [2.05, 4.69) is 39.3 Å². The Balaban J connectivity index is 1.29. The lowest BCUT2D eigenvalue weighted by molar-refractivity contribution is -0.274. The molecule has 0 aliphatic carbocycles. The smallest absolute Gasteiger partial charge is 0.406 e. The third kappa shape index (κ3) is 7.77. The van der Waals surface area contributed by atoms with Crippen LogP contribution in [0.1, 0.15) is 30.9 Å². The largest absolute Gasteiger partial charge is 0.573 e. The maximum absolute atomic E-state index is 12.4. The van der Waals surface area contributed by atoms with E-state index < -0.39 is 6.36 Å². The summed E-state index contributed by atoms with van der Waals surface area (Å²) in [6.07, 6.45) is -3.27. The van der Waals surface area contributed by atoms with Crippen molar-refractivity contribution >= 4 is 29.1 Å². The lowest BCUT2D eigenvalue weighted by Gasteiger charge is -2.15. The summed E-state index contributed by atoms with van der Waals surface area (Å²) in [7, 11) is 0. The van der Waals surface area contributed by atoms with Crippen molar-refractivity contribution in [3.63, 3.8) is 0 Å². The molecule has 1 aromatic heterocycles. The Kier molecular flexibility index (Phi) is 8.45. The van der Waals surface area contributed by atoms with Gasteiger partial charge >= 0.3 is 6.36 Å². The lowest BCUT2D eigenvalue weighted by Crippen LogP contribution is -2.29. The van der Waals surface area contributed by atoms with Gasteiger partial charge in [0, 0.05) is 17.8 Å². The molecular formula is C27H25F3N6O2S. The topological polar surface area (TPSA) is 97.1 Å². The zero-order valence-corrected chi connectivity index (χ0v) is 21.8. The minimum atomic E-state index is -4.75. The molecule has 0 bridgehead atoms. The molecular weight excluding hydrogens is 529 g/mol. The van der Waals surface area contributed by atoms with E-state index in [-0.39, 0.29) is 22.9 Å². The quantitative estimate of drug-likeness (QED) is 0.138. The summed E-state index contributed by atoms with van der Waals surface area (Å²) in [5.41, 5.74) is 4.06. The van der Waals surface area contributed by atoms with Gasteiger partial charge in [-0.25, -0.2) is 9.67 Å². The SMILES string of the molecule is CC(C)c1ccccc1NC(=N)OC(=S)NCc1ccc(-c2ncn(-c3ccc(OC(F)(F)F)cc3)n2)cc1. The molecule has 3 N–H and O–H groups in total. The Morgan fingerprint density at radius 1 is 1.03 bits per heavy atom. The van der Waals surface area contributed by atoms with Crippen LogP contribution in [0.25, 0.3) is 17.1 Å². The second-order valence-electron chi connectivity index (χ2n) is 8.69. The van der Waals surface area contributed by atoms with Crippen LogP contribution in [0.2, 0.25) is 0 Å². The van der Waals surface area contributed by atoms with E-state index in [0.717, 1.165) is 22.4 Å². The van der Waals surface area contributed by atoms with Crippen molar-refractivity contribution < 1.29 is 22.6 Å². The highest BCUT2D eigenvalue weighted by atomic mass is 32.1. The highest BCUT2D eigenvalue weighted by Crippen LogP contribution is 2.25. The Morgan fingerprint density at radius 3 is 2.38 bits per heavy atom. The molecule has 0 aliphatic heterocycles. The zero-order chi connectivity index (χ0) is 28.0. The molecule has 0 unspecified atom stereocenters. The average Bonchev–Trinajstić information content (AvgIpc) is 3.38. The molecule has 4 aromatic rings. The van der Waals surface area contributed by atoms with Crippen molar-refractivity contribution in [2.45, 2.75) is 32.7 Å². The van der Waals surface area contributed by atoms with Crippen LogP contribution in [0.5, 0.6) is 5.75 Å². The number of hydrogen-bond acceptors (Lipinski definition) is 6. The molecule has 4 rings (SSSR count). The number of ether oxygens (including phenoxy) is 2. The van der Waals surface area contributed by atoms with Gasteiger partial charge in [0.2, 0.25) is 0 Å². The van der Waals surface area contributed by atoms with Crippen molar-refractivity contribution in [2.24, 2.45) is 0 Å². The molecule has 0 amide bonds. The van der Waals surface area contributed by atoms with Crippen LogP contribution < -0.4 is 15.4 Å². The van der Waals surface area contributed by atoms with Crippen LogP contribution in [0.4, 0.5) is 18.9 Å². The second-order valence-corrected chi connectivity index (χ2v) is 9.06. The zero-order valence-electron chi connectivity index (χ0n) is 21.0. The summed E-state index contributed by atoms with van der Waals surface area (Å²) >= 11 is 5.22. The highest BCUT2D eigenvalue weighted by Gasteiger charge is 2.31. The van der Waals surface area contributed by atoms with Crippen molar-refractivity contribution in [3.05, 3.63) is 90.3 Å². The summed E-state index contributed by atoms with van der Waals surface area (Å²) in [6, 6.07) is 20.3. The molecule has 0 radical (unpaired) electrons. The molecule has 1 heterocycles.